The minimum absolute atomic E-state index is 0.198. The molecule has 0 spiro atoms. The van der Waals surface area contributed by atoms with Gasteiger partial charge < -0.3 is 11.1 Å². The lowest BCUT2D eigenvalue weighted by Crippen LogP contribution is -2.35. The average Bonchev–Trinajstić information content (AvgIpc) is 3.30. The fraction of sp³-hybridized carbons (Fsp3) is 0.533. The number of carbonyl (C=O) groups is 1. The lowest BCUT2D eigenvalue weighted by molar-refractivity contribution is -0.117. The summed E-state index contributed by atoms with van der Waals surface area (Å²) in [6.07, 6.45) is 3.62. The molecule has 0 heterocycles. The number of sulfonamides is 1. The maximum atomic E-state index is 12.1. The minimum Gasteiger partial charge on any atom is -0.325 e. The van der Waals surface area contributed by atoms with Gasteiger partial charge in [0.25, 0.3) is 0 Å². The fourth-order valence-electron chi connectivity index (χ4n) is 2.03. The molecular weight excluding hydrogens is 302 g/mol. The molecule has 122 valence electrons. The van der Waals surface area contributed by atoms with Gasteiger partial charge in [0.15, 0.2) is 0 Å². The molecule has 1 aromatic rings. The highest BCUT2D eigenvalue weighted by Crippen LogP contribution is 2.28. The van der Waals surface area contributed by atoms with E-state index in [2.05, 4.69) is 10.0 Å². The number of benzene rings is 1. The van der Waals surface area contributed by atoms with Gasteiger partial charge in [-0.1, -0.05) is 13.3 Å². The van der Waals surface area contributed by atoms with Crippen molar-refractivity contribution >= 4 is 21.6 Å². The molecule has 1 aliphatic carbocycles. The summed E-state index contributed by atoms with van der Waals surface area (Å²) < 4.78 is 26.7. The van der Waals surface area contributed by atoms with Gasteiger partial charge in [0.2, 0.25) is 15.9 Å². The molecule has 1 aliphatic rings. The van der Waals surface area contributed by atoms with Gasteiger partial charge in [-0.25, -0.2) is 13.1 Å². The van der Waals surface area contributed by atoms with E-state index in [0.717, 1.165) is 19.3 Å². The van der Waals surface area contributed by atoms with E-state index in [4.69, 9.17) is 5.73 Å². The minimum atomic E-state index is -3.47. The second-order valence-electron chi connectivity index (χ2n) is 5.70. The van der Waals surface area contributed by atoms with Crippen molar-refractivity contribution in [3.8, 4) is 0 Å². The molecule has 4 N–H and O–H groups in total. The summed E-state index contributed by atoms with van der Waals surface area (Å²) >= 11 is 0. The van der Waals surface area contributed by atoms with Crippen LogP contribution in [0.5, 0.6) is 0 Å². The van der Waals surface area contributed by atoms with Gasteiger partial charge in [0.1, 0.15) is 0 Å². The van der Waals surface area contributed by atoms with Crippen LogP contribution >= 0.6 is 0 Å². The molecule has 1 atom stereocenters. The molecule has 2 rings (SSSR count). The van der Waals surface area contributed by atoms with Crippen LogP contribution in [0, 0.1) is 5.92 Å². The molecular formula is C15H23N3O3S. The highest BCUT2D eigenvalue weighted by Gasteiger charge is 2.24. The van der Waals surface area contributed by atoms with Gasteiger partial charge in [-0.05, 0) is 49.4 Å². The molecule has 6 nitrogen and oxygen atoms in total. The summed E-state index contributed by atoms with van der Waals surface area (Å²) in [5.41, 5.74) is 6.27. The van der Waals surface area contributed by atoms with Crippen LogP contribution in [0.2, 0.25) is 0 Å². The molecule has 0 saturated heterocycles. The van der Waals surface area contributed by atoms with Gasteiger partial charge in [-0.3, -0.25) is 4.79 Å². The van der Waals surface area contributed by atoms with Crippen LogP contribution < -0.4 is 15.8 Å². The number of hydrogen-bond donors (Lipinski definition) is 3. The summed E-state index contributed by atoms with van der Waals surface area (Å²) in [7, 11) is -3.47. The van der Waals surface area contributed by atoms with Crippen LogP contribution in [0.25, 0.3) is 0 Å². The van der Waals surface area contributed by atoms with E-state index in [1.54, 1.807) is 12.1 Å². The van der Waals surface area contributed by atoms with Gasteiger partial charge in [0, 0.05) is 12.2 Å². The van der Waals surface area contributed by atoms with Crippen LogP contribution in [0.1, 0.15) is 32.6 Å². The third-order valence-electron chi connectivity index (χ3n) is 3.63. The zero-order valence-electron chi connectivity index (χ0n) is 12.7. The number of nitrogens with one attached hydrogen (secondary N) is 2. The molecule has 1 fully saturated rings. The van der Waals surface area contributed by atoms with Gasteiger partial charge in [-0.15, -0.1) is 0 Å². The second-order valence-corrected chi connectivity index (χ2v) is 7.47. The van der Waals surface area contributed by atoms with E-state index in [1.807, 2.05) is 6.92 Å². The van der Waals surface area contributed by atoms with Crippen LogP contribution in [0.4, 0.5) is 5.69 Å². The lowest BCUT2D eigenvalue weighted by Gasteiger charge is -2.12. The molecule has 1 saturated carbocycles. The Balaban J connectivity index is 1.95. The fourth-order valence-corrected chi connectivity index (χ4v) is 3.14. The number of carbonyl (C=O) groups excluding carboxylic acids is 1. The van der Waals surface area contributed by atoms with Crippen LogP contribution in [0.15, 0.2) is 29.2 Å². The van der Waals surface area contributed by atoms with Crippen LogP contribution in [-0.4, -0.2) is 26.9 Å². The van der Waals surface area contributed by atoms with E-state index >= 15 is 0 Å². The van der Waals surface area contributed by atoms with E-state index in [0.29, 0.717) is 24.6 Å². The van der Waals surface area contributed by atoms with Crippen molar-refractivity contribution < 1.29 is 13.2 Å². The standard InChI is InChI=1S/C15H23N3O3S/c1-2-3-14(16)15(19)18-12-6-8-13(9-7-12)22(20,21)17-10-11-4-5-11/h6-9,11,14,17H,2-5,10,16H2,1H3,(H,18,19). The number of nitrogens with two attached hydrogens (primary N) is 1. The lowest BCUT2D eigenvalue weighted by atomic mass is 10.1. The Bertz CT molecular complexity index is 609. The molecule has 0 radical (unpaired) electrons. The number of amides is 1. The van der Waals surface area contributed by atoms with Crippen molar-refractivity contribution in [3.63, 3.8) is 0 Å². The first-order valence-corrected chi connectivity index (χ1v) is 9.07. The monoisotopic (exact) mass is 325 g/mol. The van der Waals surface area contributed by atoms with Crippen molar-refractivity contribution in [2.75, 3.05) is 11.9 Å². The largest absolute Gasteiger partial charge is 0.325 e. The Labute approximate surface area is 131 Å². The first kappa shape index (κ1) is 16.9. The van der Waals surface area contributed by atoms with Crippen molar-refractivity contribution in [3.05, 3.63) is 24.3 Å². The van der Waals surface area contributed by atoms with Gasteiger partial charge in [0.05, 0.1) is 10.9 Å². The summed E-state index contributed by atoms with van der Waals surface area (Å²) in [4.78, 5) is 12.0. The molecule has 0 aromatic heterocycles. The molecule has 0 bridgehead atoms. The zero-order valence-corrected chi connectivity index (χ0v) is 13.5. The Morgan fingerprint density at radius 1 is 1.32 bits per heavy atom. The highest BCUT2D eigenvalue weighted by atomic mass is 32.2. The van der Waals surface area contributed by atoms with Crippen molar-refractivity contribution in [1.29, 1.82) is 0 Å². The average molecular weight is 325 g/mol. The number of rotatable bonds is 8. The van der Waals surface area contributed by atoms with Gasteiger partial charge >= 0.3 is 0 Å². The topological polar surface area (TPSA) is 101 Å². The summed E-state index contributed by atoms with van der Waals surface area (Å²) in [6.45, 7) is 2.45. The SMILES string of the molecule is CCCC(N)C(=O)Nc1ccc(S(=O)(=O)NCC2CC2)cc1. The Morgan fingerprint density at radius 3 is 2.50 bits per heavy atom. The second kappa shape index (κ2) is 7.21. The predicted molar refractivity (Wildman–Crippen MR) is 85.9 cm³/mol. The molecule has 0 aliphatic heterocycles. The van der Waals surface area contributed by atoms with E-state index < -0.39 is 16.1 Å². The molecule has 1 aromatic carbocycles. The van der Waals surface area contributed by atoms with Crippen LogP contribution in [-0.2, 0) is 14.8 Å². The van der Waals surface area contributed by atoms with E-state index in [9.17, 15) is 13.2 Å². The maximum Gasteiger partial charge on any atom is 0.241 e. The highest BCUT2D eigenvalue weighted by molar-refractivity contribution is 7.89. The molecule has 7 heteroatoms. The first-order valence-electron chi connectivity index (χ1n) is 7.58. The smallest absolute Gasteiger partial charge is 0.241 e. The van der Waals surface area contributed by atoms with Gasteiger partial charge in [-0.2, -0.15) is 0 Å². The number of anilines is 1. The van der Waals surface area contributed by atoms with Crippen molar-refractivity contribution in [1.82, 2.24) is 4.72 Å². The normalized spacial score (nSPS) is 16.3. The Hall–Kier alpha value is -1.44. The Kier molecular flexibility index (Phi) is 5.55. The van der Waals surface area contributed by atoms with Crippen LogP contribution in [0.3, 0.4) is 0 Å². The molecule has 1 amide bonds. The van der Waals surface area contributed by atoms with E-state index in [-0.39, 0.29) is 10.8 Å². The van der Waals surface area contributed by atoms with E-state index in [1.165, 1.54) is 12.1 Å². The number of hydrogen-bond acceptors (Lipinski definition) is 4. The maximum absolute atomic E-state index is 12.1. The molecule has 22 heavy (non-hydrogen) atoms. The molecule has 1 unspecified atom stereocenters. The Morgan fingerprint density at radius 2 is 1.95 bits per heavy atom. The quantitative estimate of drug-likeness (QED) is 0.673. The predicted octanol–water partition coefficient (Wildman–Crippen LogP) is 1.44. The third-order valence-corrected chi connectivity index (χ3v) is 5.07. The third kappa shape index (κ3) is 4.79. The van der Waals surface area contributed by atoms with Crippen molar-refractivity contribution in [2.24, 2.45) is 11.7 Å². The first-order chi connectivity index (χ1) is 10.4. The zero-order chi connectivity index (χ0) is 16.2. The van der Waals surface area contributed by atoms with Crippen molar-refractivity contribution in [2.45, 2.75) is 43.5 Å². The summed E-state index contributed by atoms with van der Waals surface area (Å²) in [5, 5.41) is 2.69. The summed E-state index contributed by atoms with van der Waals surface area (Å²) in [6, 6.07) is 5.56. The summed E-state index contributed by atoms with van der Waals surface area (Å²) in [5.74, 6) is 0.220.